The monoisotopic (exact) mass is 1460 g/mol. The molecule has 532 valence electrons. The van der Waals surface area contributed by atoms with E-state index in [4.69, 9.17) is 34.4 Å². The zero-order chi connectivity index (χ0) is 75.0. The van der Waals surface area contributed by atoms with Crippen LogP contribution >= 0.6 is 0 Å². The van der Waals surface area contributed by atoms with Crippen LogP contribution < -0.4 is 9.47 Å². The molecule has 20 aromatic rings. The molecule has 4 aliphatic rings. The molecule has 0 unspecified atom stereocenters. The van der Waals surface area contributed by atoms with Gasteiger partial charge in [0.1, 0.15) is 23.0 Å². The average Bonchev–Trinajstić information content (AvgIpc) is 1.48. The van der Waals surface area contributed by atoms with Crippen LogP contribution in [0.25, 0.3) is 145 Å². The van der Waals surface area contributed by atoms with Crippen LogP contribution in [0.15, 0.2) is 394 Å². The number of para-hydroxylation sites is 6. The van der Waals surface area contributed by atoms with Crippen LogP contribution in [0, 0.1) is 0 Å². The third kappa shape index (κ3) is 9.69. The van der Waals surface area contributed by atoms with E-state index in [2.05, 4.69) is 331 Å². The van der Waals surface area contributed by atoms with Crippen LogP contribution in [-0.2, 0) is 10.8 Å². The number of ether oxygens (including phenoxy) is 2. The molecule has 114 heavy (non-hydrogen) atoms. The van der Waals surface area contributed by atoms with Crippen molar-refractivity contribution in [3.63, 3.8) is 0 Å². The molecular formula is C105H65N7O2. The van der Waals surface area contributed by atoms with Crippen LogP contribution in [0.2, 0.25) is 0 Å². The Morgan fingerprint density at radius 1 is 0.202 bits per heavy atom. The number of nitrogens with zero attached hydrogens (tertiary/aromatic N) is 7. The molecule has 9 heteroatoms. The maximum Gasteiger partial charge on any atom is 0.167 e. The SMILES string of the molecule is c1ccc(-c2cc(-c3ccccc3)nc(-c3cccc4c3Oc3ccc(-n5c6ccccc6c6ccccc65)cc3C43c4ccccc4-c4ccccc43)n2)cc1.c1ccc(-c2nc(-c3ccccc3)nc(-c3cccc4c3Oc3ccc(-n5c6ccccc6c6ccccc65)cc3C43c4ccccc4-c4ccccc43)n2)cc1. The number of rotatable bonds is 8. The van der Waals surface area contributed by atoms with E-state index < -0.39 is 10.8 Å². The Morgan fingerprint density at radius 3 is 0.842 bits per heavy atom. The van der Waals surface area contributed by atoms with E-state index in [-0.39, 0.29) is 0 Å². The van der Waals surface area contributed by atoms with Crippen molar-refractivity contribution in [2.75, 3.05) is 0 Å². The van der Waals surface area contributed by atoms with Gasteiger partial charge in [0.2, 0.25) is 0 Å². The zero-order valence-electron chi connectivity index (χ0n) is 61.5. The molecule has 0 fully saturated rings. The van der Waals surface area contributed by atoms with Gasteiger partial charge in [0, 0.05) is 77.4 Å². The minimum Gasteiger partial charge on any atom is -0.456 e. The fourth-order valence-electron chi connectivity index (χ4n) is 18.9. The predicted molar refractivity (Wildman–Crippen MR) is 458 cm³/mol. The summed E-state index contributed by atoms with van der Waals surface area (Å²) in [7, 11) is 0. The van der Waals surface area contributed by atoms with E-state index in [9.17, 15) is 0 Å². The largest absolute Gasteiger partial charge is 0.456 e. The topological polar surface area (TPSA) is 92.8 Å². The van der Waals surface area contributed by atoms with Gasteiger partial charge in [-0.1, -0.05) is 315 Å². The second-order valence-electron chi connectivity index (χ2n) is 29.6. The minimum absolute atomic E-state index is 0.555. The maximum atomic E-state index is 7.23. The van der Waals surface area contributed by atoms with E-state index in [0.717, 1.165) is 112 Å². The van der Waals surface area contributed by atoms with Crippen LogP contribution in [-0.4, -0.2) is 34.1 Å². The Hall–Kier alpha value is -15.2. The molecule has 4 aromatic heterocycles. The van der Waals surface area contributed by atoms with E-state index in [1.54, 1.807) is 0 Å². The summed E-state index contributed by atoms with van der Waals surface area (Å²) in [6, 6.07) is 139. The van der Waals surface area contributed by atoms with Gasteiger partial charge in [0.15, 0.2) is 23.3 Å². The molecule has 2 aliphatic carbocycles. The molecule has 0 atom stereocenters. The maximum absolute atomic E-state index is 7.23. The Bertz CT molecular complexity index is 6570. The second-order valence-corrected chi connectivity index (χ2v) is 29.6. The van der Waals surface area contributed by atoms with Crippen LogP contribution in [0.5, 0.6) is 23.0 Å². The van der Waals surface area contributed by atoms with Gasteiger partial charge in [-0.3, -0.25) is 0 Å². The minimum atomic E-state index is -0.696. The van der Waals surface area contributed by atoms with Crippen LogP contribution in [0.4, 0.5) is 0 Å². The first-order valence-electron chi connectivity index (χ1n) is 38.7. The van der Waals surface area contributed by atoms with Gasteiger partial charge in [-0.05, 0) is 123 Å². The third-order valence-electron chi connectivity index (χ3n) is 23.6. The lowest BCUT2D eigenvalue weighted by molar-refractivity contribution is 0.437. The normalized spacial score (nSPS) is 13.2. The smallest absolute Gasteiger partial charge is 0.167 e. The van der Waals surface area contributed by atoms with Crippen molar-refractivity contribution in [2.24, 2.45) is 0 Å². The summed E-state index contributed by atoms with van der Waals surface area (Å²) in [6.45, 7) is 0. The van der Waals surface area contributed by atoms with Crippen molar-refractivity contribution < 1.29 is 9.47 Å². The molecule has 6 heterocycles. The first-order valence-corrected chi connectivity index (χ1v) is 38.7. The van der Waals surface area contributed by atoms with E-state index in [1.807, 2.05) is 72.8 Å². The highest BCUT2D eigenvalue weighted by Crippen LogP contribution is 2.66. The quantitative estimate of drug-likeness (QED) is 0.150. The third-order valence-corrected chi connectivity index (χ3v) is 23.6. The summed E-state index contributed by atoms with van der Waals surface area (Å²) in [5.74, 6) is 5.51. The van der Waals surface area contributed by atoms with Crippen molar-refractivity contribution in [2.45, 2.75) is 10.8 Å². The Kier molecular flexibility index (Phi) is 14.6. The van der Waals surface area contributed by atoms with E-state index in [0.29, 0.717) is 23.3 Å². The lowest BCUT2D eigenvalue weighted by Crippen LogP contribution is -2.32. The second kappa shape index (κ2) is 25.7. The summed E-state index contributed by atoms with van der Waals surface area (Å²) in [5, 5.41) is 4.92. The van der Waals surface area contributed by atoms with Gasteiger partial charge >= 0.3 is 0 Å². The van der Waals surface area contributed by atoms with Gasteiger partial charge in [-0.25, -0.2) is 24.9 Å². The molecule has 0 saturated heterocycles. The first kappa shape index (κ1) is 64.8. The van der Waals surface area contributed by atoms with Gasteiger partial charge in [-0.2, -0.15) is 0 Å². The number of hydrogen-bond donors (Lipinski definition) is 0. The molecule has 16 aromatic carbocycles. The number of hydrogen-bond acceptors (Lipinski definition) is 7. The van der Waals surface area contributed by atoms with Crippen LogP contribution in [0.3, 0.4) is 0 Å². The fourth-order valence-corrected chi connectivity index (χ4v) is 18.9. The lowest BCUT2D eigenvalue weighted by atomic mass is 9.65. The lowest BCUT2D eigenvalue weighted by Gasteiger charge is -2.40. The molecule has 24 rings (SSSR count). The summed E-state index contributed by atoms with van der Waals surface area (Å²) < 4.78 is 19.2. The molecular weight excluding hydrogens is 1390 g/mol. The molecule has 0 radical (unpaired) electrons. The van der Waals surface area contributed by atoms with Gasteiger partial charge in [0.05, 0.1) is 55.4 Å². The highest BCUT2D eigenvalue weighted by atomic mass is 16.5. The highest BCUT2D eigenvalue weighted by molar-refractivity contribution is 6.11. The standard InChI is InChI=1S/C53H33N3O.C52H32N4O/c1-3-16-34(17-4-1)46-33-47(35-18-5-2-6-19-35)55-52(54-46)41-24-15-27-44-51(41)57-50-31-30-36(56-48-28-13-9-22-39(48)40-23-10-14-29-49(40)56)32-45(50)53(44)42-25-11-7-20-37(42)38-21-8-12-26-43(38)53;1-3-16-33(17-4-1)49-53-50(34-18-5-2-6-19-34)55-51(54-49)40-24-15-27-43-48(40)57-47-31-30-35(56-45-28-13-9-22-38(45)39-23-10-14-29-46(39)56)32-44(47)52(43)41-25-11-7-20-36(41)37-21-8-12-26-42(37)52/h1-33H;1-32H. The average molecular weight is 1460 g/mol. The Labute approximate surface area is 657 Å². The molecule has 0 amide bonds. The summed E-state index contributed by atoms with van der Waals surface area (Å²) in [4.78, 5) is 25.9. The van der Waals surface area contributed by atoms with Crippen molar-refractivity contribution in [1.29, 1.82) is 0 Å². The highest BCUT2D eigenvalue weighted by Gasteiger charge is 2.54. The fraction of sp³-hybridized carbons (Fsp3) is 0.0190. The van der Waals surface area contributed by atoms with Crippen molar-refractivity contribution in [1.82, 2.24) is 34.1 Å². The van der Waals surface area contributed by atoms with Crippen molar-refractivity contribution >= 4 is 43.6 Å². The molecule has 9 nitrogen and oxygen atoms in total. The summed E-state index contributed by atoms with van der Waals surface area (Å²) in [6.07, 6.45) is 0. The predicted octanol–water partition coefficient (Wildman–Crippen LogP) is 25.5. The van der Waals surface area contributed by atoms with Crippen molar-refractivity contribution in [3.8, 4) is 125 Å². The number of fused-ring (bicyclic) bond motifs is 24. The Balaban J connectivity index is 0.000000135. The molecule has 0 N–H and O–H groups in total. The van der Waals surface area contributed by atoms with Crippen molar-refractivity contribution in [3.05, 3.63) is 439 Å². The number of benzene rings is 16. The molecule has 2 aliphatic heterocycles. The molecule has 2 spiro atoms. The van der Waals surface area contributed by atoms with Gasteiger partial charge < -0.3 is 18.6 Å². The zero-order valence-corrected chi connectivity index (χ0v) is 61.5. The molecule has 0 bridgehead atoms. The van der Waals surface area contributed by atoms with Gasteiger partial charge in [0.25, 0.3) is 0 Å². The van der Waals surface area contributed by atoms with E-state index in [1.165, 1.54) is 77.1 Å². The summed E-state index contributed by atoms with van der Waals surface area (Å²) in [5.41, 5.74) is 26.8. The summed E-state index contributed by atoms with van der Waals surface area (Å²) >= 11 is 0. The first-order chi connectivity index (χ1) is 56.5. The van der Waals surface area contributed by atoms with Gasteiger partial charge in [-0.15, -0.1) is 0 Å². The Morgan fingerprint density at radius 2 is 0.482 bits per heavy atom. The van der Waals surface area contributed by atoms with Crippen LogP contribution in [0.1, 0.15) is 44.5 Å². The number of aromatic nitrogens is 7. The van der Waals surface area contributed by atoms with E-state index >= 15 is 0 Å². The molecule has 0 saturated carbocycles.